The molecule has 9 heteroatoms. The van der Waals surface area contributed by atoms with Crippen LogP contribution in [0.4, 0.5) is 0 Å². The van der Waals surface area contributed by atoms with Crippen molar-refractivity contribution in [3.8, 4) is 5.75 Å². The minimum absolute atomic E-state index is 0.0193. The van der Waals surface area contributed by atoms with Gasteiger partial charge in [-0.1, -0.05) is 32.4 Å². The molecule has 0 aliphatic heterocycles. The van der Waals surface area contributed by atoms with Gasteiger partial charge in [0, 0.05) is 11.5 Å². The predicted octanol–water partition coefficient (Wildman–Crippen LogP) is 3.63. The van der Waals surface area contributed by atoms with Gasteiger partial charge >= 0.3 is 0 Å². The molecule has 0 amide bonds. The zero-order valence-electron chi connectivity index (χ0n) is 15.9. The Morgan fingerprint density at radius 2 is 1.96 bits per heavy atom. The Kier molecular flexibility index (Phi) is 6.21. The minimum atomic E-state index is -3.59. The summed E-state index contributed by atoms with van der Waals surface area (Å²) in [4.78, 5) is 17.2. The van der Waals surface area contributed by atoms with Crippen molar-refractivity contribution in [1.82, 2.24) is 9.71 Å². The largest absolute Gasteiger partial charge is 0.491 e. The van der Waals surface area contributed by atoms with Gasteiger partial charge in [0.1, 0.15) is 10.7 Å². The SMILES string of the molecule is CCOc1c(S(=O)(=O)CC)ccc(C(=O)c2c(C)nc(C(C)C)n2O)c1Cl. The lowest BCUT2D eigenvalue weighted by molar-refractivity contribution is 0.0975. The summed E-state index contributed by atoms with van der Waals surface area (Å²) < 4.78 is 30.8. The number of nitrogens with zero attached hydrogens (tertiary/aromatic N) is 2. The first-order valence-corrected chi connectivity index (χ1v) is 10.6. The highest BCUT2D eigenvalue weighted by Gasteiger charge is 2.29. The smallest absolute Gasteiger partial charge is 0.216 e. The van der Waals surface area contributed by atoms with Crippen LogP contribution in [0, 0.1) is 6.92 Å². The molecule has 2 rings (SSSR count). The van der Waals surface area contributed by atoms with Crippen LogP contribution in [0.2, 0.25) is 5.02 Å². The lowest BCUT2D eigenvalue weighted by atomic mass is 10.1. The Hall–Kier alpha value is -2.06. The quantitative estimate of drug-likeness (QED) is 0.548. The van der Waals surface area contributed by atoms with Crippen LogP contribution in [0.25, 0.3) is 0 Å². The van der Waals surface area contributed by atoms with Gasteiger partial charge in [0.2, 0.25) is 5.78 Å². The zero-order valence-corrected chi connectivity index (χ0v) is 17.5. The summed E-state index contributed by atoms with van der Waals surface area (Å²) >= 11 is 6.35. The summed E-state index contributed by atoms with van der Waals surface area (Å²) in [5.74, 6) is -0.501. The molecule has 1 aromatic carbocycles. The molecule has 0 aliphatic rings. The van der Waals surface area contributed by atoms with E-state index in [4.69, 9.17) is 16.3 Å². The molecule has 2 aromatic rings. The molecule has 0 radical (unpaired) electrons. The number of hydrogen-bond donors (Lipinski definition) is 1. The number of hydrogen-bond acceptors (Lipinski definition) is 6. The van der Waals surface area contributed by atoms with Gasteiger partial charge in [-0.3, -0.25) is 4.79 Å². The van der Waals surface area contributed by atoms with E-state index in [9.17, 15) is 18.4 Å². The Labute approximate surface area is 163 Å². The number of aryl methyl sites for hydroxylation is 1. The highest BCUT2D eigenvalue weighted by atomic mass is 35.5. The Bertz CT molecular complexity index is 980. The first kappa shape index (κ1) is 21.2. The molecule has 0 fully saturated rings. The summed E-state index contributed by atoms with van der Waals surface area (Å²) in [7, 11) is -3.59. The van der Waals surface area contributed by atoms with E-state index in [0.29, 0.717) is 11.5 Å². The summed E-state index contributed by atoms with van der Waals surface area (Å²) in [5, 5.41) is 10.3. The van der Waals surface area contributed by atoms with Crippen LogP contribution in [-0.2, 0) is 9.84 Å². The molecule has 0 unspecified atom stereocenters. The molecule has 1 aromatic heterocycles. The topological polar surface area (TPSA) is 98.5 Å². The number of benzene rings is 1. The fourth-order valence-electron chi connectivity index (χ4n) is 2.69. The van der Waals surface area contributed by atoms with Crippen molar-refractivity contribution >= 4 is 27.2 Å². The first-order valence-electron chi connectivity index (χ1n) is 8.57. The highest BCUT2D eigenvalue weighted by Crippen LogP contribution is 2.37. The van der Waals surface area contributed by atoms with Crippen LogP contribution >= 0.6 is 11.6 Å². The van der Waals surface area contributed by atoms with E-state index in [-0.39, 0.29) is 45.2 Å². The van der Waals surface area contributed by atoms with Crippen LogP contribution in [-0.4, -0.2) is 41.5 Å². The van der Waals surface area contributed by atoms with Gasteiger partial charge in [0.05, 0.1) is 23.1 Å². The molecular formula is C18H23ClN2O5S. The van der Waals surface area contributed by atoms with Gasteiger partial charge in [-0.25, -0.2) is 13.4 Å². The molecule has 0 saturated heterocycles. The van der Waals surface area contributed by atoms with Crippen molar-refractivity contribution in [3.63, 3.8) is 0 Å². The maximum Gasteiger partial charge on any atom is 0.216 e. The fourth-order valence-corrected chi connectivity index (χ4v) is 4.09. The number of ketones is 1. The zero-order chi connectivity index (χ0) is 20.5. The van der Waals surface area contributed by atoms with Crippen LogP contribution < -0.4 is 4.74 Å². The molecule has 7 nitrogen and oxygen atoms in total. The average Bonchev–Trinajstić information content (AvgIpc) is 2.90. The second kappa shape index (κ2) is 7.90. The third-order valence-electron chi connectivity index (χ3n) is 4.09. The maximum absolute atomic E-state index is 13.0. The van der Waals surface area contributed by atoms with Gasteiger partial charge in [0.15, 0.2) is 21.3 Å². The summed E-state index contributed by atoms with van der Waals surface area (Å²) in [6.07, 6.45) is 0. The van der Waals surface area contributed by atoms with Crippen molar-refractivity contribution in [1.29, 1.82) is 0 Å². The molecule has 1 N–H and O–H groups in total. The molecule has 27 heavy (non-hydrogen) atoms. The van der Waals surface area contributed by atoms with E-state index in [1.165, 1.54) is 19.1 Å². The lowest BCUT2D eigenvalue weighted by Crippen LogP contribution is -2.14. The maximum atomic E-state index is 13.0. The van der Waals surface area contributed by atoms with E-state index >= 15 is 0 Å². The normalized spacial score (nSPS) is 11.8. The number of rotatable bonds is 7. The molecule has 1 heterocycles. The molecule has 0 spiro atoms. The van der Waals surface area contributed by atoms with Crippen molar-refractivity contribution in [3.05, 3.63) is 39.9 Å². The summed E-state index contributed by atoms with van der Waals surface area (Å²) in [6, 6.07) is 2.64. The average molecular weight is 415 g/mol. The molecule has 0 bridgehead atoms. The Morgan fingerprint density at radius 1 is 1.33 bits per heavy atom. The summed E-state index contributed by atoms with van der Waals surface area (Å²) in [6.45, 7) is 8.67. The third kappa shape index (κ3) is 3.82. The second-order valence-electron chi connectivity index (χ2n) is 6.29. The van der Waals surface area contributed by atoms with Gasteiger partial charge in [-0.15, -0.1) is 0 Å². The Balaban J connectivity index is 2.67. The van der Waals surface area contributed by atoms with Crippen LogP contribution in [0.15, 0.2) is 17.0 Å². The van der Waals surface area contributed by atoms with Gasteiger partial charge in [-0.05, 0) is 26.0 Å². The second-order valence-corrected chi connectivity index (χ2v) is 8.92. The molecular weight excluding hydrogens is 392 g/mol. The van der Waals surface area contributed by atoms with Gasteiger partial charge in [-0.2, -0.15) is 4.73 Å². The number of aromatic nitrogens is 2. The van der Waals surface area contributed by atoms with E-state index in [1.54, 1.807) is 13.8 Å². The molecule has 0 aliphatic carbocycles. The van der Waals surface area contributed by atoms with Crippen molar-refractivity contribution in [2.75, 3.05) is 12.4 Å². The number of halogens is 1. The highest BCUT2D eigenvalue weighted by molar-refractivity contribution is 7.91. The van der Waals surface area contributed by atoms with E-state index in [1.807, 2.05) is 13.8 Å². The molecule has 0 saturated carbocycles. The van der Waals surface area contributed by atoms with Gasteiger partial charge in [0.25, 0.3) is 0 Å². The van der Waals surface area contributed by atoms with E-state index in [0.717, 1.165) is 4.73 Å². The van der Waals surface area contributed by atoms with Gasteiger partial charge < -0.3 is 9.94 Å². The third-order valence-corrected chi connectivity index (χ3v) is 6.22. The fraction of sp³-hybridized carbons (Fsp3) is 0.444. The monoisotopic (exact) mass is 414 g/mol. The molecule has 148 valence electrons. The van der Waals surface area contributed by atoms with Crippen LogP contribution in [0.1, 0.15) is 61.2 Å². The van der Waals surface area contributed by atoms with Crippen molar-refractivity contribution in [2.45, 2.75) is 45.4 Å². The number of imidazole rings is 1. The predicted molar refractivity (Wildman–Crippen MR) is 102 cm³/mol. The van der Waals surface area contributed by atoms with Crippen LogP contribution in [0.5, 0.6) is 5.75 Å². The van der Waals surface area contributed by atoms with Crippen molar-refractivity contribution in [2.24, 2.45) is 0 Å². The first-order chi connectivity index (χ1) is 12.6. The summed E-state index contributed by atoms with van der Waals surface area (Å²) in [5.41, 5.74) is 0.364. The molecule has 0 atom stereocenters. The standard InChI is InChI=1S/C18H23ClN2O5S/c1-6-26-17-13(27(24,25)7-2)9-8-12(14(17)19)16(22)15-11(5)20-18(10(3)4)21(15)23/h8-10,23H,6-7H2,1-5H3. The number of carbonyl (C=O) groups is 1. The lowest BCUT2D eigenvalue weighted by Gasteiger charge is -2.15. The van der Waals surface area contributed by atoms with E-state index < -0.39 is 15.6 Å². The van der Waals surface area contributed by atoms with Crippen molar-refractivity contribution < 1.29 is 23.2 Å². The van der Waals surface area contributed by atoms with E-state index in [2.05, 4.69) is 4.98 Å². The number of sulfone groups is 1. The number of carbonyl (C=O) groups excluding carboxylic acids is 1. The van der Waals surface area contributed by atoms with Crippen LogP contribution in [0.3, 0.4) is 0 Å². The Morgan fingerprint density at radius 3 is 2.44 bits per heavy atom. The minimum Gasteiger partial charge on any atom is -0.491 e. The number of ether oxygens (including phenoxy) is 1.